The first-order chi connectivity index (χ1) is 12.6. The van der Waals surface area contributed by atoms with Gasteiger partial charge in [-0.05, 0) is 23.3 Å². The van der Waals surface area contributed by atoms with Gasteiger partial charge in [-0.1, -0.05) is 42.5 Å². The van der Waals surface area contributed by atoms with E-state index < -0.39 is 0 Å². The van der Waals surface area contributed by atoms with Crippen LogP contribution < -0.4 is 11.1 Å². The Labute approximate surface area is 150 Å². The predicted molar refractivity (Wildman–Crippen MR) is 97.5 cm³/mol. The van der Waals surface area contributed by atoms with Crippen molar-refractivity contribution in [2.75, 3.05) is 0 Å². The van der Waals surface area contributed by atoms with E-state index in [0.717, 1.165) is 16.7 Å². The number of hydrogen-bond donors (Lipinski definition) is 3. The van der Waals surface area contributed by atoms with E-state index in [1.807, 2.05) is 36.4 Å². The minimum Gasteiger partial charge on any atom is -0.507 e. The summed E-state index contributed by atoms with van der Waals surface area (Å²) in [6.07, 6.45) is 2.91. The molecule has 1 fully saturated rings. The third kappa shape index (κ3) is 3.02. The third-order valence-electron chi connectivity index (χ3n) is 4.71. The lowest BCUT2D eigenvalue weighted by Gasteiger charge is -2.08. The minimum absolute atomic E-state index is 0.0413. The molecule has 6 nitrogen and oxygen atoms in total. The second-order valence-electron chi connectivity index (χ2n) is 6.38. The molecule has 6 heteroatoms. The van der Waals surface area contributed by atoms with E-state index in [1.54, 1.807) is 18.2 Å². The van der Waals surface area contributed by atoms with Crippen LogP contribution in [0.25, 0.3) is 11.1 Å². The molecule has 1 aliphatic rings. The highest BCUT2D eigenvalue weighted by atomic mass is 16.3. The van der Waals surface area contributed by atoms with E-state index in [9.17, 15) is 9.90 Å². The number of carbonyl (C=O) groups is 1. The summed E-state index contributed by atoms with van der Waals surface area (Å²) in [7, 11) is 0. The van der Waals surface area contributed by atoms with Gasteiger partial charge in [0.1, 0.15) is 5.75 Å². The minimum atomic E-state index is -0.209. The second kappa shape index (κ2) is 6.57. The van der Waals surface area contributed by atoms with Gasteiger partial charge in [0.15, 0.2) is 0 Å². The fourth-order valence-electron chi connectivity index (χ4n) is 3.24. The number of aromatic nitrogens is 2. The van der Waals surface area contributed by atoms with Crippen molar-refractivity contribution in [2.45, 2.75) is 18.0 Å². The molecule has 0 saturated heterocycles. The number of para-hydroxylation sites is 1. The molecule has 0 bridgehead atoms. The highest BCUT2D eigenvalue weighted by Crippen LogP contribution is 2.41. The zero-order valence-electron chi connectivity index (χ0n) is 13.9. The monoisotopic (exact) mass is 346 g/mol. The van der Waals surface area contributed by atoms with Crippen LogP contribution in [-0.2, 0) is 0 Å². The van der Waals surface area contributed by atoms with E-state index >= 15 is 0 Å². The van der Waals surface area contributed by atoms with E-state index in [-0.39, 0.29) is 29.7 Å². The molecular weight excluding hydrogens is 328 g/mol. The van der Waals surface area contributed by atoms with Crippen LogP contribution in [0.15, 0.2) is 67.0 Å². The first-order valence-electron chi connectivity index (χ1n) is 8.36. The Morgan fingerprint density at radius 2 is 1.92 bits per heavy atom. The average Bonchev–Trinajstić information content (AvgIpc) is 3.31. The van der Waals surface area contributed by atoms with Crippen molar-refractivity contribution in [3.8, 4) is 16.9 Å². The molecule has 0 radical (unpaired) electrons. The normalized spacial score (nSPS) is 21.2. The Kier molecular flexibility index (Phi) is 4.10. The summed E-state index contributed by atoms with van der Waals surface area (Å²) in [6.45, 7) is 0. The number of nitrogens with one attached hydrogen (secondary N) is 1. The van der Waals surface area contributed by atoms with Crippen molar-refractivity contribution in [2.24, 2.45) is 5.73 Å². The zero-order valence-corrected chi connectivity index (χ0v) is 13.9. The molecule has 26 heavy (non-hydrogen) atoms. The predicted octanol–water partition coefficient (Wildman–Crippen LogP) is 2.07. The number of phenolic OH excluding ortho intramolecular Hbond substituents is 1. The summed E-state index contributed by atoms with van der Waals surface area (Å²) >= 11 is 0. The van der Waals surface area contributed by atoms with Gasteiger partial charge < -0.3 is 16.2 Å². The summed E-state index contributed by atoms with van der Waals surface area (Å²) in [6, 6.07) is 16.4. The lowest BCUT2D eigenvalue weighted by atomic mass is 10.00. The van der Waals surface area contributed by atoms with Gasteiger partial charge in [0.05, 0.1) is 24.0 Å². The van der Waals surface area contributed by atoms with E-state index in [0.29, 0.717) is 5.56 Å². The number of benzene rings is 2. The van der Waals surface area contributed by atoms with Crippen LogP contribution in [0.1, 0.15) is 21.8 Å². The molecule has 3 aromatic rings. The van der Waals surface area contributed by atoms with Crippen LogP contribution >= 0.6 is 0 Å². The highest BCUT2D eigenvalue weighted by Gasteiger charge is 2.49. The van der Waals surface area contributed by atoms with Crippen LogP contribution in [0, 0.1) is 0 Å². The Bertz CT molecular complexity index is 945. The van der Waals surface area contributed by atoms with Gasteiger partial charge >= 0.3 is 0 Å². The molecule has 1 aliphatic carbocycles. The number of hydrogen-bond acceptors (Lipinski definition) is 5. The molecule has 1 amide bonds. The van der Waals surface area contributed by atoms with Gasteiger partial charge in [0.2, 0.25) is 0 Å². The largest absolute Gasteiger partial charge is 0.507 e. The number of aromatic hydroxyl groups is 1. The Morgan fingerprint density at radius 3 is 2.69 bits per heavy atom. The van der Waals surface area contributed by atoms with Crippen molar-refractivity contribution >= 4 is 5.91 Å². The number of amides is 1. The SMILES string of the molecule is NC1C(NC(=O)c2ccnnc2)C1c1cccc(-c2ccccc2O)c1. The molecule has 1 saturated carbocycles. The van der Waals surface area contributed by atoms with Crippen molar-refractivity contribution in [1.82, 2.24) is 15.5 Å². The van der Waals surface area contributed by atoms with Crippen molar-refractivity contribution < 1.29 is 9.90 Å². The maximum Gasteiger partial charge on any atom is 0.253 e. The van der Waals surface area contributed by atoms with E-state index in [4.69, 9.17) is 5.73 Å². The molecule has 1 heterocycles. The molecule has 0 aliphatic heterocycles. The smallest absolute Gasteiger partial charge is 0.253 e. The first kappa shape index (κ1) is 16.2. The Morgan fingerprint density at radius 1 is 1.08 bits per heavy atom. The molecular formula is C20H18N4O2. The molecule has 130 valence electrons. The van der Waals surface area contributed by atoms with Gasteiger partial charge in [-0.2, -0.15) is 10.2 Å². The highest BCUT2D eigenvalue weighted by molar-refractivity contribution is 5.94. The molecule has 4 N–H and O–H groups in total. The fourth-order valence-corrected chi connectivity index (χ4v) is 3.24. The van der Waals surface area contributed by atoms with Gasteiger partial charge in [-0.3, -0.25) is 4.79 Å². The van der Waals surface area contributed by atoms with E-state index in [1.165, 1.54) is 12.4 Å². The number of phenols is 1. The van der Waals surface area contributed by atoms with Crippen LogP contribution in [0.2, 0.25) is 0 Å². The van der Waals surface area contributed by atoms with E-state index in [2.05, 4.69) is 15.5 Å². The van der Waals surface area contributed by atoms with Gasteiger partial charge in [-0.15, -0.1) is 0 Å². The zero-order chi connectivity index (χ0) is 18.1. The molecule has 0 spiro atoms. The van der Waals surface area contributed by atoms with Crippen LogP contribution in [0.3, 0.4) is 0 Å². The van der Waals surface area contributed by atoms with Crippen LogP contribution in [0.4, 0.5) is 0 Å². The van der Waals surface area contributed by atoms with Gasteiger partial charge in [0.25, 0.3) is 5.91 Å². The maximum absolute atomic E-state index is 12.3. The standard InChI is InChI=1S/C20H18N4O2/c21-18-17(19(18)24-20(26)14-8-9-22-23-11-14)13-5-3-4-12(10-13)15-6-1-2-7-16(15)25/h1-11,17-19,25H,21H2,(H,24,26). The maximum atomic E-state index is 12.3. The summed E-state index contributed by atoms with van der Waals surface area (Å²) < 4.78 is 0. The summed E-state index contributed by atoms with van der Waals surface area (Å²) in [4.78, 5) is 12.3. The fraction of sp³-hybridized carbons (Fsp3) is 0.150. The van der Waals surface area contributed by atoms with Crippen LogP contribution in [-0.4, -0.2) is 33.3 Å². The van der Waals surface area contributed by atoms with Gasteiger partial charge in [-0.25, -0.2) is 0 Å². The Balaban J connectivity index is 1.53. The quantitative estimate of drug-likeness (QED) is 0.671. The average molecular weight is 346 g/mol. The topological polar surface area (TPSA) is 101 Å². The van der Waals surface area contributed by atoms with Crippen molar-refractivity contribution in [3.63, 3.8) is 0 Å². The summed E-state index contributed by atoms with van der Waals surface area (Å²) in [5.74, 6) is 0.0686. The molecule has 1 aromatic heterocycles. The molecule has 3 unspecified atom stereocenters. The number of nitrogens with two attached hydrogens (primary N) is 1. The molecule has 3 atom stereocenters. The molecule has 2 aromatic carbocycles. The molecule has 4 rings (SSSR count). The summed E-state index contributed by atoms with van der Waals surface area (Å²) in [5, 5.41) is 20.4. The lowest BCUT2D eigenvalue weighted by molar-refractivity contribution is 0.0949. The number of rotatable bonds is 4. The lowest BCUT2D eigenvalue weighted by Crippen LogP contribution is -2.30. The Hall–Kier alpha value is -3.25. The third-order valence-corrected chi connectivity index (χ3v) is 4.71. The van der Waals surface area contributed by atoms with Crippen LogP contribution in [0.5, 0.6) is 5.75 Å². The van der Waals surface area contributed by atoms with Gasteiger partial charge in [0, 0.05) is 17.5 Å². The summed E-state index contributed by atoms with van der Waals surface area (Å²) in [5.41, 5.74) is 9.38. The first-order valence-corrected chi connectivity index (χ1v) is 8.36. The number of nitrogens with zero attached hydrogens (tertiary/aromatic N) is 2. The van der Waals surface area contributed by atoms with Crippen molar-refractivity contribution in [1.29, 1.82) is 0 Å². The second-order valence-corrected chi connectivity index (χ2v) is 6.38. The number of carbonyl (C=O) groups excluding carboxylic acids is 1. The van der Waals surface area contributed by atoms with Crippen molar-refractivity contribution in [3.05, 3.63) is 78.1 Å².